The first-order valence-corrected chi connectivity index (χ1v) is 15.1. The number of carbonyl (C=O) groups is 1. The van der Waals surface area contributed by atoms with E-state index in [2.05, 4.69) is 10.3 Å². The van der Waals surface area contributed by atoms with Crippen LogP contribution in [0.2, 0.25) is 0 Å². The number of aromatic nitrogens is 3. The van der Waals surface area contributed by atoms with Crippen LogP contribution in [0.1, 0.15) is 42.2 Å². The summed E-state index contributed by atoms with van der Waals surface area (Å²) in [6, 6.07) is 4.50. The fourth-order valence-electron chi connectivity index (χ4n) is 5.83. The van der Waals surface area contributed by atoms with Crippen LogP contribution in [0.15, 0.2) is 42.6 Å². The van der Waals surface area contributed by atoms with Gasteiger partial charge in [-0.05, 0) is 36.6 Å². The number of thioether (sulfide) groups is 1. The van der Waals surface area contributed by atoms with Crippen LogP contribution >= 0.6 is 11.8 Å². The van der Waals surface area contributed by atoms with Gasteiger partial charge in [0, 0.05) is 25.6 Å². The minimum atomic E-state index is -4.82. The molecule has 3 heterocycles. The van der Waals surface area contributed by atoms with Crippen LogP contribution < -0.4 is 0 Å². The molecule has 2 saturated heterocycles. The number of ether oxygens (including phenoxy) is 1. The second kappa shape index (κ2) is 13.1. The number of halogens is 6. The van der Waals surface area contributed by atoms with Crippen molar-refractivity contribution in [2.24, 2.45) is 0 Å². The molecule has 2 fully saturated rings. The molecule has 0 radical (unpaired) electrons. The summed E-state index contributed by atoms with van der Waals surface area (Å²) in [4.78, 5) is 13.4. The Hall–Kier alpha value is -3.22. The molecule has 1 unspecified atom stereocenters. The molecule has 4 N–H and O–H groups in total. The number of aliphatic hydroxyl groups excluding tert-OH is 3. The van der Waals surface area contributed by atoms with Crippen molar-refractivity contribution in [2.45, 2.75) is 66.6 Å². The topological polar surface area (TPSA) is 141 Å². The predicted octanol–water partition coefficient (Wildman–Crippen LogP) is 3.21. The molecule has 10 nitrogen and oxygen atoms in total. The molecule has 2 aliphatic rings. The molecule has 46 heavy (non-hydrogen) atoms. The fraction of sp³-hybridized carbons (Fsp3) is 0.483. The number of amides is 1. The zero-order chi connectivity index (χ0) is 33.6. The highest BCUT2D eigenvalue weighted by Gasteiger charge is 2.51. The molecule has 2 aromatic carbocycles. The smallest absolute Gasteiger partial charge is 0.394 e. The fourth-order valence-corrected chi connectivity index (χ4v) is 7.47. The van der Waals surface area contributed by atoms with E-state index < -0.39 is 76.4 Å². The summed E-state index contributed by atoms with van der Waals surface area (Å²) in [5, 5.41) is 50.6. The van der Waals surface area contributed by atoms with Gasteiger partial charge in [0.05, 0.1) is 29.2 Å². The average Bonchev–Trinajstić information content (AvgIpc) is 3.49. The van der Waals surface area contributed by atoms with Crippen molar-refractivity contribution in [1.29, 1.82) is 0 Å². The minimum absolute atomic E-state index is 0.0536. The highest BCUT2D eigenvalue weighted by Crippen LogP contribution is 2.51. The monoisotopic (exact) mass is 676 g/mol. The number of rotatable bonds is 7. The maximum absolute atomic E-state index is 14.2. The standard InChI is InChI=1S/C29H30F6N4O6S/c1-14(41)38-8-6-28(44,7-9-38)26(16-4-2-3-5-17(16)29(33,34)35)46-27-25(43)23(24(42)21(13-40)45-27)39-12-20(36-37-39)15-10-18(30)22(32)19(31)11-15/h2-5,10-12,21,23-27,40,42-44H,6-9,13H2,1H3/t21-,23+,24+,25-,26?,27+/m1/s1. The van der Waals surface area contributed by atoms with E-state index in [0.717, 1.165) is 16.9 Å². The van der Waals surface area contributed by atoms with Crippen LogP contribution in [0.5, 0.6) is 0 Å². The molecule has 5 rings (SSSR count). The third-order valence-electron chi connectivity index (χ3n) is 8.33. The summed E-state index contributed by atoms with van der Waals surface area (Å²) in [5.41, 5.74) is -5.02. The van der Waals surface area contributed by atoms with E-state index in [4.69, 9.17) is 4.74 Å². The van der Waals surface area contributed by atoms with E-state index in [1.54, 1.807) is 0 Å². The van der Waals surface area contributed by atoms with Crippen LogP contribution in [0.4, 0.5) is 26.3 Å². The molecule has 0 aliphatic carbocycles. The molecular weight excluding hydrogens is 646 g/mol. The molecule has 3 aromatic rings. The van der Waals surface area contributed by atoms with Crippen molar-refractivity contribution in [2.75, 3.05) is 19.7 Å². The molecule has 0 saturated carbocycles. The lowest BCUT2D eigenvalue weighted by Crippen LogP contribution is -2.56. The number of nitrogens with zero attached hydrogens (tertiary/aromatic N) is 4. The lowest BCUT2D eigenvalue weighted by Gasteiger charge is -2.47. The van der Waals surface area contributed by atoms with Gasteiger partial charge in [0.15, 0.2) is 17.5 Å². The Kier molecular flexibility index (Phi) is 9.73. The SMILES string of the molecule is CC(=O)N1CCC(O)(C(S[C@@H]2O[C@H](CO)[C@H](O)[C@H](n3cc(-c4cc(F)c(F)c(F)c4)nn3)[C@H]2O)c2ccccc2C(F)(F)F)CC1. The Morgan fingerprint density at radius 3 is 2.33 bits per heavy atom. The van der Waals surface area contributed by atoms with E-state index in [-0.39, 0.29) is 48.7 Å². The number of aliphatic hydroxyl groups is 4. The molecule has 250 valence electrons. The van der Waals surface area contributed by atoms with Crippen molar-refractivity contribution < 1.29 is 56.3 Å². The quantitative estimate of drug-likeness (QED) is 0.219. The number of carbonyl (C=O) groups excluding carboxylic acids is 1. The summed E-state index contributed by atoms with van der Waals surface area (Å²) in [5.74, 6) is -4.96. The van der Waals surface area contributed by atoms with E-state index in [1.807, 2.05) is 0 Å². The van der Waals surface area contributed by atoms with Crippen LogP contribution in [0, 0.1) is 17.5 Å². The van der Waals surface area contributed by atoms with Gasteiger partial charge in [0.2, 0.25) is 5.91 Å². The normalized spacial score (nSPS) is 25.8. The van der Waals surface area contributed by atoms with Gasteiger partial charge < -0.3 is 30.1 Å². The molecular formula is C29H30F6N4O6S. The Bertz CT molecular complexity index is 1550. The van der Waals surface area contributed by atoms with Gasteiger partial charge in [0.1, 0.15) is 35.5 Å². The van der Waals surface area contributed by atoms with Crippen LogP contribution in [0.25, 0.3) is 11.3 Å². The minimum Gasteiger partial charge on any atom is -0.394 e. The number of hydrogen-bond acceptors (Lipinski definition) is 9. The highest BCUT2D eigenvalue weighted by molar-refractivity contribution is 8.00. The third kappa shape index (κ3) is 6.61. The van der Waals surface area contributed by atoms with Gasteiger partial charge >= 0.3 is 6.18 Å². The Morgan fingerprint density at radius 1 is 1.11 bits per heavy atom. The second-order valence-corrected chi connectivity index (χ2v) is 12.5. The predicted molar refractivity (Wildman–Crippen MR) is 150 cm³/mol. The first-order chi connectivity index (χ1) is 21.6. The third-order valence-corrected chi connectivity index (χ3v) is 9.95. The van der Waals surface area contributed by atoms with Gasteiger partial charge in [-0.15, -0.1) is 16.9 Å². The number of benzene rings is 2. The maximum Gasteiger partial charge on any atom is 0.416 e. The van der Waals surface area contributed by atoms with Crippen molar-refractivity contribution >= 4 is 17.7 Å². The Balaban J connectivity index is 1.51. The summed E-state index contributed by atoms with van der Waals surface area (Å²) in [6.07, 6.45) is -8.73. The summed E-state index contributed by atoms with van der Waals surface area (Å²) < 4.78 is 90.6. The zero-order valence-corrected chi connectivity index (χ0v) is 24.9. The largest absolute Gasteiger partial charge is 0.416 e. The van der Waals surface area contributed by atoms with Crippen molar-refractivity contribution in [3.05, 3.63) is 71.2 Å². The van der Waals surface area contributed by atoms with Crippen molar-refractivity contribution in [3.63, 3.8) is 0 Å². The lowest BCUT2D eigenvalue weighted by molar-refractivity contribution is -0.179. The van der Waals surface area contributed by atoms with Crippen molar-refractivity contribution in [1.82, 2.24) is 19.9 Å². The number of hydrogen-bond donors (Lipinski definition) is 4. The molecule has 2 aliphatic heterocycles. The second-order valence-electron chi connectivity index (χ2n) is 11.2. The first kappa shape index (κ1) is 34.1. The van der Waals surface area contributed by atoms with Gasteiger partial charge in [-0.25, -0.2) is 17.9 Å². The average molecular weight is 677 g/mol. The molecule has 0 spiro atoms. The number of piperidine rings is 1. The van der Waals surface area contributed by atoms with Crippen LogP contribution in [0.3, 0.4) is 0 Å². The molecule has 1 amide bonds. The first-order valence-electron chi connectivity index (χ1n) is 14.1. The molecule has 17 heteroatoms. The van der Waals surface area contributed by atoms with Gasteiger partial charge in [-0.2, -0.15) is 13.2 Å². The van der Waals surface area contributed by atoms with Gasteiger partial charge in [-0.1, -0.05) is 23.4 Å². The zero-order valence-electron chi connectivity index (χ0n) is 24.1. The van der Waals surface area contributed by atoms with Crippen molar-refractivity contribution in [3.8, 4) is 11.3 Å². The molecule has 0 bridgehead atoms. The van der Waals surface area contributed by atoms with E-state index >= 15 is 0 Å². The number of alkyl halides is 3. The summed E-state index contributed by atoms with van der Waals surface area (Å²) in [7, 11) is 0. The summed E-state index contributed by atoms with van der Waals surface area (Å²) >= 11 is 0.650. The molecule has 1 aromatic heterocycles. The van der Waals surface area contributed by atoms with Gasteiger partial charge in [0.25, 0.3) is 0 Å². The van der Waals surface area contributed by atoms with Gasteiger partial charge in [-0.3, -0.25) is 4.79 Å². The highest BCUT2D eigenvalue weighted by atomic mass is 32.2. The number of likely N-dealkylation sites (tertiary alicyclic amines) is 1. The maximum atomic E-state index is 14.2. The van der Waals surface area contributed by atoms with Crippen LogP contribution in [-0.2, 0) is 15.7 Å². The Morgan fingerprint density at radius 2 is 1.74 bits per heavy atom. The molecule has 6 atom stereocenters. The Labute approximate surface area is 262 Å². The lowest BCUT2D eigenvalue weighted by atomic mass is 9.83. The van der Waals surface area contributed by atoms with E-state index in [1.165, 1.54) is 30.0 Å². The van der Waals surface area contributed by atoms with Crippen LogP contribution in [-0.4, -0.2) is 95.3 Å². The summed E-state index contributed by atoms with van der Waals surface area (Å²) in [6.45, 7) is 0.649. The van der Waals surface area contributed by atoms with E-state index in [9.17, 15) is 51.6 Å². The van der Waals surface area contributed by atoms with E-state index in [0.29, 0.717) is 23.9 Å².